The SMILES string of the molecule is Cc1cccc(-c2ccc(C(C)(C)C)c(Cl)c2)n1. The Kier molecular flexibility index (Phi) is 3.45. The summed E-state index contributed by atoms with van der Waals surface area (Å²) in [5, 5.41) is 0.809. The van der Waals surface area contributed by atoms with Gasteiger partial charge >= 0.3 is 0 Å². The standard InChI is InChI=1S/C16H18ClN/c1-11-6-5-7-15(18-11)12-8-9-13(14(17)10-12)16(2,3)4/h5-10H,1-4H3. The fourth-order valence-corrected chi connectivity index (χ4v) is 2.45. The largest absolute Gasteiger partial charge is 0.253 e. The van der Waals surface area contributed by atoms with Crippen LogP contribution in [0.3, 0.4) is 0 Å². The molecular weight excluding hydrogens is 242 g/mol. The number of rotatable bonds is 1. The summed E-state index contributed by atoms with van der Waals surface area (Å²) in [6.07, 6.45) is 0. The fourth-order valence-electron chi connectivity index (χ4n) is 1.99. The number of hydrogen-bond donors (Lipinski definition) is 0. The molecule has 0 aliphatic heterocycles. The Morgan fingerprint density at radius 2 is 1.78 bits per heavy atom. The maximum atomic E-state index is 6.38. The molecule has 0 amide bonds. The molecule has 0 aliphatic rings. The molecule has 0 atom stereocenters. The van der Waals surface area contributed by atoms with Crippen LogP contribution in [-0.2, 0) is 5.41 Å². The van der Waals surface area contributed by atoms with Gasteiger partial charge in [0.25, 0.3) is 0 Å². The lowest BCUT2D eigenvalue weighted by Gasteiger charge is -2.21. The van der Waals surface area contributed by atoms with E-state index < -0.39 is 0 Å². The van der Waals surface area contributed by atoms with Crippen LogP contribution >= 0.6 is 11.6 Å². The van der Waals surface area contributed by atoms with Gasteiger partial charge in [0.2, 0.25) is 0 Å². The van der Waals surface area contributed by atoms with Crippen LogP contribution in [0.4, 0.5) is 0 Å². The number of pyridine rings is 1. The van der Waals surface area contributed by atoms with Gasteiger partial charge in [0, 0.05) is 16.3 Å². The quantitative estimate of drug-likeness (QED) is 0.702. The fraction of sp³-hybridized carbons (Fsp3) is 0.312. The van der Waals surface area contributed by atoms with Crippen molar-refractivity contribution in [3.8, 4) is 11.3 Å². The summed E-state index contributed by atoms with van der Waals surface area (Å²) in [5.74, 6) is 0. The predicted octanol–water partition coefficient (Wildman–Crippen LogP) is 5.01. The molecule has 0 fully saturated rings. The first kappa shape index (κ1) is 13.1. The summed E-state index contributed by atoms with van der Waals surface area (Å²) in [5.41, 5.74) is 4.29. The minimum Gasteiger partial charge on any atom is -0.253 e. The summed E-state index contributed by atoms with van der Waals surface area (Å²) in [6, 6.07) is 12.2. The molecule has 18 heavy (non-hydrogen) atoms. The summed E-state index contributed by atoms with van der Waals surface area (Å²) < 4.78 is 0. The summed E-state index contributed by atoms with van der Waals surface area (Å²) in [6.45, 7) is 8.49. The van der Waals surface area contributed by atoms with Crippen LogP contribution in [0.25, 0.3) is 11.3 Å². The number of aromatic nitrogens is 1. The van der Waals surface area contributed by atoms with Gasteiger partial charge in [-0.05, 0) is 36.1 Å². The topological polar surface area (TPSA) is 12.9 Å². The van der Waals surface area contributed by atoms with Gasteiger partial charge in [0.15, 0.2) is 0 Å². The maximum Gasteiger partial charge on any atom is 0.0705 e. The first-order valence-corrected chi connectivity index (χ1v) is 6.50. The third kappa shape index (κ3) is 2.73. The molecule has 94 valence electrons. The molecule has 1 heterocycles. The second-order valence-electron chi connectivity index (χ2n) is 5.61. The van der Waals surface area contributed by atoms with Crippen LogP contribution in [0, 0.1) is 6.92 Å². The Hall–Kier alpha value is -1.34. The Morgan fingerprint density at radius 1 is 1.06 bits per heavy atom. The molecule has 0 aliphatic carbocycles. The normalized spacial score (nSPS) is 11.6. The minimum atomic E-state index is 0.0651. The van der Waals surface area contributed by atoms with Crippen molar-refractivity contribution in [1.82, 2.24) is 4.98 Å². The zero-order valence-corrected chi connectivity index (χ0v) is 12.0. The van der Waals surface area contributed by atoms with Crippen LogP contribution in [-0.4, -0.2) is 4.98 Å². The highest BCUT2D eigenvalue weighted by Crippen LogP contribution is 2.32. The van der Waals surface area contributed by atoms with E-state index in [1.54, 1.807) is 0 Å². The molecule has 0 N–H and O–H groups in total. The highest BCUT2D eigenvalue weighted by Gasteiger charge is 2.17. The summed E-state index contributed by atoms with van der Waals surface area (Å²) in [7, 11) is 0. The number of halogens is 1. The van der Waals surface area contributed by atoms with Gasteiger partial charge in [0.05, 0.1) is 5.69 Å². The van der Waals surface area contributed by atoms with Gasteiger partial charge in [-0.15, -0.1) is 0 Å². The molecule has 0 bridgehead atoms. The summed E-state index contributed by atoms with van der Waals surface area (Å²) >= 11 is 6.38. The molecule has 1 nitrogen and oxygen atoms in total. The second kappa shape index (κ2) is 4.74. The van der Waals surface area contributed by atoms with Crippen LogP contribution in [0.5, 0.6) is 0 Å². The van der Waals surface area contributed by atoms with Crippen molar-refractivity contribution in [2.75, 3.05) is 0 Å². The van der Waals surface area contributed by atoms with E-state index in [1.165, 1.54) is 5.56 Å². The first-order valence-electron chi connectivity index (χ1n) is 6.12. The Labute approximate surface area is 114 Å². The molecule has 1 aromatic heterocycles. The van der Waals surface area contributed by atoms with E-state index in [0.717, 1.165) is 22.0 Å². The van der Waals surface area contributed by atoms with Crippen LogP contribution in [0.1, 0.15) is 32.0 Å². The van der Waals surface area contributed by atoms with Crippen molar-refractivity contribution in [2.45, 2.75) is 33.1 Å². The molecule has 0 spiro atoms. The average molecular weight is 260 g/mol. The lowest BCUT2D eigenvalue weighted by atomic mass is 9.86. The predicted molar refractivity (Wildman–Crippen MR) is 78.1 cm³/mol. The van der Waals surface area contributed by atoms with Gasteiger partial charge < -0.3 is 0 Å². The zero-order chi connectivity index (χ0) is 13.3. The van der Waals surface area contributed by atoms with Crippen molar-refractivity contribution in [2.24, 2.45) is 0 Å². The van der Waals surface area contributed by atoms with Gasteiger partial charge in [-0.3, -0.25) is 4.98 Å². The molecule has 2 aromatic rings. The molecule has 0 radical (unpaired) electrons. The lowest BCUT2D eigenvalue weighted by Crippen LogP contribution is -2.11. The highest BCUT2D eigenvalue weighted by molar-refractivity contribution is 6.31. The van der Waals surface area contributed by atoms with E-state index in [2.05, 4.69) is 37.9 Å². The number of aryl methyl sites for hydroxylation is 1. The van der Waals surface area contributed by atoms with Gasteiger partial charge in [-0.1, -0.05) is 50.6 Å². The van der Waals surface area contributed by atoms with E-state index in [1.807, 2.05) is 31.2 Å². The number of benzene rings is 1. The smallest absolute Gasteiger partial charge is 0.0705 e. The van der Waals surface area contributed by atoms with Crippen LogP contribution in [0.2, 0.25) is 5.02 Å². The molecule has 0 saturated heterocycles. The van der Waals surface area contributed by atoms with E-state index in [9.17, 15) is 0 Å². The van der Waals surface area contributed by atoms with Crippen molar-refractivity contribution in [3.05, 3.63) is 52.7 Å². The molecular formula is C16H18ClN. The molecule has 0 unspecified atom stereocenters. The van der Waals surface area contributed by atoms with Gasteiger partial charge in [0.1, 0.15) is 0 Å². The van der Waals surface area contributed by atoms with Crippen molar-refractivity contribution in [1.29, 1.82) is 0 Å². The maximum absolute atomic E-state index is 6.38. The van der Waals surface area contributed by atoms with E-state index in [0.29, 0.717) is 0 Å². The van der Waals surface area contributed by atoms with Crippen molar-refractivity contribution in [3.63, 3.8) is 0 Å². The van der Waals surface area contributed by atoms with E-state index in [-0.39, 0.29) is 5.41 Å². The van der Waals surface area contributed by atoms with Crippen molar-refractivity contribution >= 4 is 11.6 Å². The van der Waals surface area contributed by atoms with E-state index in [4.69, 9.17) is 11.6 Å². The van der Waals surface area contributed by atoms with E-state index >= 15 is 0 Å². The first-order chi connectivity index (χ1) is 8.38. The summed E-state index contributed by atoms with van der Waals surface area (Å²) in [4.78, 5) is 4.52. The third-order valence-corrected chi connectivity index (χ3v) is 3.27. The Balaban J connectivity index is 2.47. The Bertz CT molecular complexity index is 568. The zero-order valence-electron chi connectivity index (χ0n) is 11.3. The molecule has 2 heteroatoms. The van der Waals surface area contributed by atoms with Crippen LogP contribution in [0.15, 0.2) is 36.4 Å². The second-order valence-corrected chi connectivity index (χ2v) is 6.02. The highest BCUT2D eigenvalue weighted by atomic mass is 35.5. The number of nitrogens with zero attached hydrogens (tertiary/aromatic N) is 1. The van der Waals surface area contributed by atoms with Crippen molar-refractivity contribution < 1.29 is 0 Å². The molecule has 2 rings (SSSR count). The average Bonchev–Trinajstić information content (AvgIpc) is 2.27. The third-order valence-electron chi connectivity index (χ3n) is 2.96. The van der Waals surface area contributed by atoms with Gasteiger partial charge in [-0.25, -0.2) is 0 Å². The molecule has 1 aromatic carbocycles. The lowest BCUT2D eigenvalue weighted by molar-refractivity contribution is 0.590. The number of hydrogen-bond acceptors (Lipinski definition) is 1. The monoisotopic (exact) mass is 259 g/mol. The molecule has 0 saturated carbocycles. The minimum absolute atomic E-state index is 0.0651. The van der Waals surface area contributed by atoms with Gasteiger partial charge in [-0.2, -0.15) is 0 Å². The van der Waals surface area contributed by atoms with Crippen LogP contribution < -0.4 is 0 Å². The Morgan fingerprint density at radius 3 is 2.33 bits per heavy atom.